The van der Waals surface area contributed by atoms with Crippen molar-refractivity contribution in [1.29, 1.82) is 0 Å². The van der Waals surface area contributed by atoms with Crippen molar-refractivity contribution in [2.45, 2.75) is 42.7 Å². The minimum absolute atomic E-state index is 0.0800. The minimum Gasteiger partial charge on any atom is -0.492 e. The molecule has 0 saturated heterocycles. The van der Waals surface area contributed by atoms with E-state index in [2.05, 4.69) is 9.97 Å². The highest BCUT2D eigenvalue weighted by molar-refractivity contribution is 7.91. The molecule has 4 rings (SSSR count). The molecule has 8 nitrogen and oxygen atoms in total. The van der Waals surface area contributed by atoms with E-state index in [-0.39, 0.29) is 17.3 Å². The molecule has 0 unspecified atom stereocenters. The number of nitrogens with zero attached hydrogens (tertiary/aromatic N) is 3. The van der Waals surface area contributed by atoms with Crippen molar-refractivity contribution < 1.29 is 22.7 Å². The van der Waals surface area contributed by atoms with Crippen molar-refractivity contribution in [2.24, 2.45) is 0 Å². The van der Waals surface area contributed by atoms with Crippen LogP contribution in [-0.2, 0) is 21.2 Å². The zero-order chi connectivity index (χ0) is 26.6. The largest absolute Gasteiger partial charge is 0.492 e. The fourth-order valence-corrected chi connectivity index (χ4v) is 5.48. The van der Waals surface area contributed by atoms with Gasteiger partial charge in [-0.25, -0.2) is 13.4 Å². The second kappa shape index (κ2) is 11.0. The molecule has 192 valence electrons. The Morgan fingerprint density at radius 3 is 2.27 bits per heavy atom. The number of benzene rings is 2. The highest BCUT2D eigenvalue weighted by Gasteiger charge is 2.31. The second-order valence-corrected chi connectivity index (χ2v) is 10.1. The normalized spacial score (nSPS) is 12.4. The van der Waals surface area contributed by atoms with E-state index in [0.717, 1.165) is 5.56 Å². The lowest BCUT2D eigenvalue weighted by Gasteiger charge is -2.23. The second-order valence-electron chi connectivity index (χ2n) is 8.23. The van der Waals surface area contributed by atoms with E-state index in [4.69, 9.17) is 4.74 Å². The smallest absolute Gasteiger partial charge is 0.277 e. The number of halogens is 1. The monoisotopic (exact) mass is 523 g/mol. The molecule has 0 amide bonds. The number of sulfone groups is 1. The average molecular weight is 524 g/mol. The zero-order valence-electron chi connectivity index (χ0n) is 20.3. The van der Waals surface area contributed by atoms with E-state index in [0.29, 0.717) is 24.2 Å². The summed E-state index contributed by atoms with van der Waals surface area (Å²) in [7, 11) is -4.45. The number of hydrogen-bond donors (Lipinski definition) is 1. The van der Waals surface area contributed by atoms with Gasteiger partial charge in [0, 0.05) is 18.4 Å². The van der Waals surface area contributed by atoms with E-state index in [1.54, 1.807) is 6.92 Å². The minimum atomic E-state index is -4.45. The van der Waals surface area contributed by atoms with Gasteiger partial charge in [-0.3, -0.25) is 9.36 Å². The number of ether oxygens (including phenoxy) is 1. The van der Waals surface area contributed by atoms with Gasteiger partial charge in [0.1, 0.15) is 12.4 Å². The maximum atomic E-state index is 13.8. The van der Waals surface area contributed by atoms with Gasteiger partial charge in [0.05, 0.1) is 10.9 Å². The van der Waals surface area contributed by atoms with Crippen LogP contribution in [0.4, 0.5) is 4.39 Å². The van der Waals surface area contributed by atoms with Gasteiger partial charge in [0.25, 0.3) is 5.56 Å². The Morgan fingerprint density at radius 2 is 1.68 bits per heavy atom. The van der Waals surface area contributed by atoms with Crippen molar-refractivity contribution in [2.75, 3.05) is 6.61 Å². The van der Waals surface area contributed by atoms with Crippen molar-refractivity contribution in [1.82, 2.24) is 14.5 Å². The molecule has 0 aliphatic heterocycles. The molecule has 0 bridgehead atoms. The average Bonchev–Trinajstić information content (AvgIpc) is 2.90. The topological polar surface area (TPSA) is 111 Å². The quantitative estimate of drug-likeness (QED) is 0.321. The molecule has 10 heteroatoms. The predicted octanol–water partition coefficient (Wildman–Crippen LogP) is 4.52. The molecular formula is C27H26FN3O5S. The summed E-state index contributed by atoms with van der Waals surface area (Å²) in [5, 5.41) is 10.7. The number of hydrogen-bond acceptors (Lipinski definition) is 7. The van der Waals surface area contributed by atoms with E-state index in [1.165, 1.54) is 47.2 Å². The predicted molar refractivity (Wildman–Crippen MR) is 135 cm³/mol. The van der Waals surface area contributed by atoms with Crippen LogP contribution in [0.15, 0.2) is 87.5 Å². The summed E-state index contributed by atoms with van der Waals surface area (Å²) in [5.41, 5.74) is 1.10. The Kier molecular flexibility index (Phi) is 7.80. The zero-order valence-corrected chi connectivity index (χ0v) is 21.2. The van der Waals surface area contributed by atoms with Gasteiger partial charge in [-0.2, -0.15) is 9.37 Å². The lowest BCUT2D eigenvalue weighted by atomic mass is 10.0. The first kappa shape index (κ1) is 26.2. The first-order chi connectivity index (χ1) is 17.8. The summed E-state index contributed by atoms with van der Waals surface area (Å²) in [6, 6.07) is 17.1. The van der Waals surface area contributed by atoms with Crippen molar-refractivity contribution in [3.05, 3.63) is 101 Å². The van der Waals surface area contributed by atoms with Crippen LogP contribution in [0.1, 0.15) is 37.7 Å². The SMILES string of the molecule is CCOCc1nc(O)c(S(=O)(=O)c2ccc(-c3ccc(F)nc3)cc2)c(=O)n1[C@@H](CC)c1ccccc1. The van der Waals surface area contributed by atoms with Crippen LogP contribution in [0.5, 0.6) is 5.88 Å². The van der Waals surface area contributed by atoms with Crippen molar-refractivity contribution in [3.63, 3.8) is 0 Å². The maximum Gasteiger partial charge on any atom is 0.277 e. The van der Waals surface area contributed by atoms with Gasteiger partial charge in [0.15, 0.2) is 4.90 Å². The van der Waals surface area contributed by atoms with E-state index < -0.39 is 38.2 Å². The van der Waals surface area contributed by atoms with Crippen molar-refractivity contribution in [3.8, 4) is 17.0 Å². The summed E-state index contributed by atoms with van der Waals surface area (Å²) in [4.78, 5) is 20.5. The van der Waals surface area contributed by atoms with E-state index in [1.807, 2.05) is 37.3 Å². The highest BCUT2D eigenvalue weighted by Crippen LogP contribution is 2.29. The van der Waals surface area contributed by atoms with Gasteiger partial charge < -0.3 is 9.84 Å². The summed E-state index contributed by atoms with van der Waals surface area (Å²) >= 11 is 0. The van der Waals surface area contributed by atoms with Crippen LogP contribution < -0.4 is 5.56 Å². The number of pyridine rings is 1. The molecule has 2 aromatic heterocycles. The van der Waals surface area contributed by atoms with Gasteiger partial charge in [-0.1, -0.05) is 49.4 Å². The van der Waals surface area contributed by atoms with Crippen LogP contribution in [0.2, 0.25) is 0 Å². The Bertz CT molecular complexity index is 1540. The summed E-state index contributed by atoms with van der Waals surface area (Å²) in [6.45, 7) is 3.91. The molecule has 0 aliphatic rings. The number of rotatable bonds is 9. The highest BCUT2D eigenvalue weighted by atomic mass is 32.2. The molecule has 0 fully saturated rings. The molecule has 0 spiro atoms. The fourth-order valence-electron chi connectivity index (χ4n) is 4.13. The summed E-state index contributed by atoms with van der Waals surface area (Å²) < 4.78 is 47.1. The summed E-state index contributed by atoms with van der Waals surface area (Å²) in [6.07, 6.45) is 1.80. The Hall–Kier alpha value is -3.89. The molecule has 37 heavy (non-hydrogen) atoms. The van der Waals surface area contributed by atoms with Gasteiger partial charge >= 0.3 is 0 Å². The van der Waals surface area contributed by atoms with Crippen LogP contribution >= 0.6 is 0 Å². The molecular weight excluding hydrogens is 497 g/mol. The third-order valence-corrected chi connectivity index (χ3v) is 7.73. The first-order valence-corrected chi connectivity index (χ1v) is 13.2. The maximum absolute atomic E-state index is 13.8. The molecule has 4 aromatic rings. The lowest BCUT2D eigenvalue weighted by Crippen LogP contribution is -2.33. The van der Waals surface area contributed by atoms with E-state index >= 15 is 0 Å². The molecule has 0 aliphatic carbocycles. The standard InChI is InChI=1S/C27H26FN3O5S/c1-3-22(19-8-6-5-7-9-19)31-24(17-36-4-2)30-26(32)25(27(31)33)37(34,35)21-13-10-18(11-14-21)20-12-15-23(28)29-16-20/h5-16,22,32H,3-4,17H2,1-2H3/t22-/m0/s1. The third kappa shape index (κ3) is 5.30. The first-order valence-electron chi connectivity index (χ1n) is 11.7. The molecule has 1 atom stereocenters. The fraction of sp³-hybridized carbons (Fsp3) is 0.222. The van der Waals surface area contributed by atoms with Gasteiger partial charge in [-0.05, 0) is 48.7 Å². The Morgan fingerprint density at radius 1 is 1.00 bits per heavy atom. The summed E-state index contributed by atoms with van der Waals surface area (Å²) in [5.74, 6) is -1.39. The molecule has 1 N–H and O–H groups in total. The molecule has 2 aromatic carbocycles. The Balaban J connectivity index is 1.84. The number of aromatic hydroxyl groups is 1. The van der Waals surface area contributed by atoms with E-state index in [9.17, 15) is 22.7 Å². The molecule has 0 saturated carbocycles. The lowest BCUT2D eigenvalue weighted by molar-refractivity contribution is 0.122. The Labute approximate surface area is 214 Å². The van der Waals surface area contributed by atoms with Crippen LogP contribution in [-0.4, -0.2) is 34.7 Å². The third-order valence-electron chi connectivity index (χ3n) is 5.94. The van der Waals surface area contributed by atoms with Crippen LogP contribution in [0.25, 0.3) is 11.1 Å². The van der Waals surface area contributed by atoms with Crippen LogP contribution in [0.3, 0.4) is 0 Å². The van der Waals surface area contributed by atoms with Gasteiger partial charge in [-0.15, -0.1) is 0 Å². The van der Waals surface area contributed by atoms with Crippen molar-refractivity contribution >= 4 is 9.84 Å². The van der Waals surface area contributed by atoms with Gasteiger partial charge in [0.2, 0.25) is 21.7 Å². The molecule has 2 heterocycles. The van der Waals surface area contributed by atoms with Crippen LogP contribution in [0, 0.1) is 5.95 Å². The number of aromatic nitrogens is 3. The molecule has 0 radical (unpaired) electrons.